The van der Waals surface area contributed by atoms with Crippen molar-refractivity contribution in [2.75, 3.05) is 25.5 Å². The molecule has 3 heterocycles. The smallest absolute Gasteiger partial charge is 0.261 e. The zero-order valence-electron chi connectivity index (χ0n) is 16.1. The van der Waals surface area contributed by atoms with E-state index in [-0.39, 0.29) is 17.7 Å². The number of benzene rings is 1. The van der Waals surface area contributed by atoms with Crippen LogP contribution in [0.2, 0.25) is 5.02 Å². The summed E-state index contributed by atoms with van der Waals surface area (Å²) in [5.41, 5.74) is 2.02. The number of carbonyl (C=O) groups excluding carboxylic acids is 2. The molecule has 0 aliphatic carbocycles. The predicted octanol–water partition coefficient (Wildman–Crippen LogP) is 2.98. The Hall–Kier alpha value is -3.13. The van der Waals surface area contributed by atoms with Gasteiger partial charge in [-0.1, -0.05) is 11.6 Å². The number of likely N-dealkylation sites (tertiary alicyclic amines) is 1. The third kappa shape index (κ3) is 3.63. The van der Waals surface area contributed by atoms with Crippen LogP contribution in [0.1, 0.15) is 35.3 Å². The lowest BCUT2D eigenvalue weighted by atomic mass is 10.0. The maximum atomic E-state index is 12.8. The lowest BCUT2D eigenvalue weighted by molar-refractivity contribution is -0.127. The summed E-state index contributed by atoms with van der Waals surface area (Å²) < 4.78 is 6.93. The maximum absolute atomic E-state index is 12.8. The first-order valence-corrected chi connectivity index (χ1v) is 9.65. The SMILES string of the molecule is CCN1CC(c2cc(OC)n3ncc(C(=O)Nc4ccc(Cl)cc4)c3n2)CC1=O. The van der Waals surface area contributed by atoms with E-state index in [1.165, 1.54) is 17.8 Å². The molecule has 1 atom stereocenters. The number of fused-ring (bicyclic) bond motifs is 1. The van der Waals surface area contributed by atoms with E-state index < -0.39 is 0 Å². The highest BCUT2D eigenvalue weighted by Gasteiger charge is 2.31. The van der Waals surface area contributed by atoms with E-state index in [1.54, 1.807) is 35.2 Å². The average Bonchev–Trinajstić information content (AvgIpc) is 3.32. The number of methoxy groups -OCH3 is 1. The van der Waals surface area contributed by atoms with Gasteiger partial charge in [-0.2, -0.15) is 9.61 Å². The van der Waals surface area contributed by atoms with Crippen LogP contribution in [-0.2, 0) is 4.79 Å². The molecule has 1 aliphatic heterocycles. The fourth-order valence-corrected chi connectivity index (χ4v) is 3.60. The second kappa shape index (κ2) is 7.71. The van der Waals surface area contributed by atoms with Crippen LogP contribution in [0, 0.1) is 0 Å². The molecule has 3 aromatic rings. The zero-order chi connectivity index (χ0) is 20.5. The molecule has 29 heavy (non-hydrogen) atoms. The molecule has 2 amide bonds. The Bertz CT molecular complexity index is 1080. The van der Waals surface area contributed by atoms with Gasteiger partial charge in [-0.15, -0.1) is 0 Å². The van der Waals surface area contributed by atoms with Crippen LogP contribution in [0.4, 0.5) is 5.69 Å². The van der Waals surface area contributed by atoms with Gasteiger partial charge in [0.15, 0.2) is 5.65 Å². The molecule has 1 fully saturated rings. The van der Waals surface area contributed by atoms with Crippen LogP contribution < -0.4 is 10.1 Å². The summed E-state index contributed by atoms with van der Waals surface area (Å²) >= 11 is 5.89. The van der Waals surface area contributed by atoms with Gasteiger partial charge in [-0.25, -0.2) is 4.98 Å². The molecule has 150 valence electrons. The first-order valence-electron chi connectivity index (χ1n) is 9.27. The van der Waals surface area contributed by atoms with Crippen LogP contribution in [0.15, 0.2) is 36.5 Å². The van der Waals surface area contributed by atoms with Gasteiger partial charge in [0, 0.05) is 42.2 Å². The summed E-state index contributed by atoms with van der Waals surface area (Å²) in [6, 6.07) is 8.61. The van der Waals surface area contributed by atoms with Crippen molar-refractivity contribution in [2.45, 2.75) is 19.3 Å². The summed E-state index contributed by atoms with van der Waals surface area (Å²) in [6.07, 6.45) is 1.85. The minimum atomic E-state index is -0.341. The second-order valence-electron chi connectivity index (χ2n) is 6.81. The van der Waals surface area contributed by atoms with E-state index in [0.717, 1.165) is 0 Å². The molecule has 4 rings (SSSR count). The van der Waals surface area contributed by atoms with E-state index in [1.807, 2.05) is 6.92 Å². The zero-order valence-corrected chi connectivity index (χ0v) is 16.8. The molecule has 8 nitrogen and oxygen atoms in total. The number of nitrogens with one attached hydrogen (secondary N) is 1. The molecular formula is C20H20ClN5O3. The highest BCUT2D eigenvalue weighted by molar-refractivity contribution is 6.30. The summed E-state index contributed by atoms with van der Waals surface area (Å²) in [5.74, 6) is 0.167. The molecule has 1 saturated heterocycles. The van der Waals surface area contributed by atoms with Crippen LogP contribution >= 0.6 is 11.6 Å². The minimum Gasteiger partial charge on any atom is -0.481 e. The molecule has 1 N–H and O–H groups in total. The number of nitrogens with zero attached hydrogens (tertiary/aromatic N) is 4. The molecule has 2 aromatic heterocycles. The summed E-state index contributed by atoms with van der Waals surface area (Å²) in [7, 11) is 1.53. The van der Waals surface area contributed by atoms with Crippen LogP contribution in [0.25, 0.3) is 5.65 Å². The van der Waals surface area contributed by atoms with Gasteiger partial charge in [0.1, 0.15) is 5.56 Å². The number of aromatic nitrogens is 3. The third-order valence-corrected chi connectivity index (χ3v) is 5.28. The van der Waals surface area contributed by atoms with Gasteiger partial charge in [0.25, 0.3) is 5.91 Å². The highest BCUT2D eigenvalue weighted by Crippen LogP contribution is 2.30. The predicted molar refractivity (Wildman–Crippen MR) is 109 cm³/mol. The number of likely N-dealkylation sites (N-methyl/N-ethyl adjacent to an activating group) is 1. The third-order valence-electron chi connectivity index (χ3n) is 5.03. The van der Waals surface area contributed by atoms with Crippen LogP contribution in [0.5, 0.6) is 5.88 Å². The van der Waals surface area contributed by atoms with Gasteiger partial charge in [-0.3, -0.25) is 9.59 Å². The first-order chi connectivity index (χ1) is 14.0. The fourth-order valence-electron chi connectivity index (χ4n) is 3.48. The Labute approximate surface area is 172 Å². The Morgan fingerprint density at radius 3 is 2.76 bits per heavy atom. The van der Waals surface area contributed by atoms with Gasteiger partial charge in [-0.05, 0) is 31.2 Å². The summed E-state index contributed by atoms with van der Waals surface area (Å²) in [5, 5.41) is 7.65. The molecule has 0 bridgehead atoms. The van der Waals surface area contributed by atoms with E-state index in [4.69, 9.17) is 16.3 Å². The van der Waals surface area contributed by atoms with E-state index in [9.17, 15) is 9.59 Å². The van der Waals surface area contributed by atoms with Crippen molar-refractivity contribution in [1.82, 2.24) is 19.5 Å². The molecule has 0 saturated carbocycles. The molecule has 0 radical (unpaired) electrons. The van der Waals surface area contributed by atoms with Crippen molar-refractivity contribution in [2.24, 2.45) is 0 Å². The number of ether oxygens (including phenoxy) is 1. The number of hydrogen-bond acceptors (Lipinski definition) is 5. The topological polar surface area (TPSA) is 88.8 Å². The van der Waals surface area contributed by atoms with E-state index >= 15 is 0 Å². The highest BCUT2D eigenvalue weighted by atomic mass is 35.5. The average molecular weight is 414 g/mol. The monoisotopic (exact) mass is 413 g/mol. The molecule has 1 aromatic carbocycles. The number of halogens is 1. The van der Waals surface area contributed by atoms with E-state index in [0.29, 0.717) is 53.0 Å². The Morgan fingerprint density at radius 1 is 1.34 bits per heavy atom. The largest absolute Gasteiger partial charge is 0.481 e. The number of carbonyl (C=O) groups is 2. The van der Waals surface area contributed by atoms with Crippen molar-refractivity contribution in [3.05, 3.63) is 52.8 Å². The Balaban J connectivity index is 1.69. The van der Waals surface area contributed by atoms with Gasteiger partial charge >= 0.3 is 0 Å². The minimum absolute atomic E-state index is 0.0524. The number of rotatable bonds is 5. The number of hydrogen-bond donors (Lipinski definition) is 1. The molecule has 1 aliphatic rings. The van der Waals surface area contributed by atoms with Gasteiger partial charge < -0.3 is 15.0 Å². The summed E-state index contributed by atoms with van der Waals surface area (Å²) in [6.45, 7) is 3.21. The standard InChI is InChI=1S/C20H20ClN5O3/c1-3-25-11-12(8-17(25)27)16-9-18(29-2)26-19(24-16)15(10-22-26)20(28)23-14-6-4-13(21)5-7-14/h4-7,9-10,12H,3,8,11H2,1-2H3,(H,23,28). The number of anilines is 1. The van der Waals surface area contributed by atoms with Crippen molar-refractivity contribution in [1.29, 1.82) is 0 Å². The molecule has 0 spiro atoms. The van der Waals surface area contributed by atoms with Crippen molar-refractivity contribution in [3.63, 3.8) is 0 Å². The quantitative estimate of drug-likeness (QED) is 0.694. The van der Waals surface area contributed by atoms with E-state index in [2.05, 4.69) is 15.4 Å². The normalized spacial score (nSPS) is 16.4. The van der Waals surface area contributed by atoms with Gasteiger partial charge in [0.05, 0.1) is 19.0 Å². The lowest BCUT2D eigenvalue weighted by Gasteiger charge is -2.14. The van der Waals surface area contributed by atoms with Crippen LogP contribution in [0.3, 0.4) is 0 Å². The Kier molecular flexibility index (Phi) is 5.10. The fraction of sp³-hybridized carbons (Fsp3) is 0.300. The maximum Gasteiger partial charge on any atom is 0.261 e. The molecular weight excluding hydrogens is 394 g/mol. The lowest BCUT2D eigenvalue weighted by Crippen LogP contribution is -2.24. The van der Waals surface area contributed by atoms with Crippen molar-refractivity contribution < 1.29 is 14.3 Å². The van der Waals surface area contributed by atoms with Crippen molar-refractivity contribution >= 4 is 34.7 Å². The molecule has 9 heteroatoms. The first kappa shape index (κ1) is 19.2. The van der Waals surface area contributed by atoms with Gasteiger partial charge in [0.2, 0.25) is 11.8 Å². The van der Waals surface area contributed by atoms with Crippen LogP contribution in [-0.4, -0.2) is 51.5 Å². The summed E-state index contributed by atoms with van der Waals surface area (Å²) in [4.78, 5) is 31.4. The molecule has 1 unspecified atom stereocenters. The van der Waals surface area contributed by atoms with Crippen molar-refractivity contribution in [3.8, 4) is 5.88 Å². The Morgan fingerprint density at radius 2 is 2.10 bits per heavy atom. The number of amides is 2. The second-order valence-corrected chi connectivity index (χ2v) is 7.25.